The van der Waals surface area contributed by atoms with Crippen LogP contribution >= 0.6 is 0 Å². The Morgan fingerprint density at radius 3 is 2.82 bits per heavy atom. The molecule has 0 spiro atoms. The third-order valence-electron chi connectivity index (χ3n) is 1.47. The van der Waals surface area contributed by atoms with Gasteiger partial charge in [0.25, 0.3) is 0 Å². The minimum atomic E-state index is -0.579. The number of hydrogen-bond acceptors (Lipinski definition) is 4. The average molecular weight is 153 g/mol. The fraction of sp³-hybridized carbons (Fsp3) is 0.429. The highest BCUT2D eigenvalue weighted by Crippen LogP contribution is 2.08. The van der Waals surface area contributed by atoms with Gasteiger partial charge in [-0.25, -0.2) is 9.97 Å². The number of aromatic nitrogens is 2. The number of aliphatic hydroxyl groups excluding tert-OH is 1. The molecular formula is C7H11N3O. The lowest BCUT2D eigenvalue weighted by atomic mass is 10.1. The highest BCUT2D eigenvalue weighted by molar-refractivity contribution is 5.04. The minimum Gasteiger partial charge on any atom is -0.391 e. The smallest absolute Gasteiger partial charge is 0.115 e. The largest absolute Gasteiger partial charge is 0.391 e. The van der Waals surface area contributed by atoms with Gasteiger partial charge in [0.2, 0.25) is 0 Å². The third kappa shape index (κ3) is 1.96. The zero-order valence-corrected chi connectivity index (χ0v) is 6.31. The van der Waals surface area contributed by atoms with Gasteiger partial charge >= 0.3 is 0 Å². The Hall–Kier alpha value is -1.00. The topological polar surface area (TPSA) is 72.0 Å². The van der Waals surface area contributed by atoms with Crippen LogP contribution in [0.5, 0.6) is 0 Å². The van der Waals surface area contributed by atoms with Gasteiger partial charge in [0, 0.05) is 6.20 Å². The Bertz CT molecular complexity index is 212. The fourth-order valence-corrected chi connectivity index (χ4v) is 0.745. The highest BCUT2D eigenvalue weighted by Gasteiger charge is 2.11. The number of aliphatic hydroxyl groups is 1. The Morgan fingerprint density at radius 1 is 1.64 bits per heavy atom. The lowest BCUT2D eigenvalue weighted by Crippen LogP contribution is -2.24. The first-order chi connectivity index (χ1) is 5.22. The first kappa shape index (κ1) is 8.10. The molecule has 0 bridgehead atoms. The lowest BCUT2D eigenvalue weighted by molar-refractivity contribution is 0.162. The summed E-state index contributed by atoms with van der Waals surface area (Å²) in [6, 6.07) is 1.27. The molecule has 2 unspecified atom stereocenters. The lowest BCUT2D eigenvalue weighted by Gasteiger charge is -2.12. The van der Waals surface area contributed by atoms with Crippen LogP contribution < -0.4 is 5.73 Å². The molecule has 11 heavy (non-hydrogen) atoms. The van der Waals surface area contributed by atoms with Gasteiger partial charge in [0.15, 0.2) is 0 Å². The van der Waals surface area contributed by atoms with E-state index in [-0.39, 0.29) is 0 Å². The Balaban J connectivity index is 2.77. The molecular weight excluding hydrogens is 142 g/mol. The maximum absolute atomic E-state index is 9.09. The maximum atomic E-state index is 9.09. The van der Waals surface area contributed by atoms with E-state index < -0.39 is 12.1 Å². The molecule has 1 aromatic heterocycles. The number of hydrogen-bond donors (Lipinski definition) is 2. The maximum Gasteiger partial charge on any atom is 0.115 e. The van der Waals surface area contributed by atoms with E-state index in [9.17, 15) is 0 Å². The van der Waals surface area contributed by atoms with Crippen LogP contribution in [0.4, 0.5) is 0 Å². The van der Waals surface area contributed by atoms with Crippen molar-refractivity contribution < 1.29 is 5.11 Å². The second-order valence-electron chi connectivity index (χ2n) is 2.40. The van der Waals surface area contributed by atoms with Gasteiger partial charge in [-0.2, -0.15) is 0 Å². The van der Waals surface area contributed by atoms with E-state index in [1.165, 1.54) is 6.33 Å². The number of rotatable bonds is 2. The van der Waals surface area contributed by atoms with Crippen LogP contribution in [-0.2, 0) is 0 Å². The average Bonchev–Trinajstić information content (AvgIpc) is 2.05. The van der Waals surface area contributed by atoms with Crippen LogP contribution in [0.1, 0.15) is 18.7 Å². The van der Waals surface area contributed by atoms with E-state index in [1.54, 1.807) is 19.2 Å². The van der Waals surface area contributed by atoms with E-state index in [2.05, 4.69) is 9.97 Å². The zero-order valence-electron chi connectivity index (χ0n) is 6.31. The number of nitrogens with zero attached hydrogens (tertiary/aromatic N) is 2. The van der Waals surface area contributed by atoms with E-state index >= 15 is 0 Å². The number of nitrogens with two attached hydrogens (primary N) is 1. The SMILES string of the molecule is CC(O)C(N)c1ccncn1. The van der Waals surface area contributed by atoms with Crippen LogP contribution in [0.3, 0.4) is 0 Å². The predicted octanol–water partition coefficient (Wildman–Crippen LogP) is -0.143. The molecule has 0 fully saturated rings. The van der Waals surface area contributed by atoms with Crippen molar-refractivity contribution in [2.45, 2.75) is 19.1 Å². The molecule has 4 heteroatoms. The quantitative estimate of drug-likeness (QED) is 0.620. The molecule has 0 aliphatic rings. The van der Waals surface area contributed by atoms with Gasteiger partial charge in [0.05, 0.1) is 17.8 Å². The predicted molar refractivity (Wildman–Crippen MR) is 40.6 cm³/mol. The van der Waals surface area contributed by atoms with Crippen molar-refractivity contribution in [1.29, 1.82) is 0 Å². The van der Waals surface area contributed by atoms with Crippen molar-refractivity contribution in [1.82, 2.24) is 9.97 Å². The summed E-state index contributed by atoms with van der Waals surface area (Å²) in [6.45, 7) is 1.63. The van der Waals surface area contributed by atoms with E-state index in [0.717, 1.165) is 0 Å². The van der Waals surface area contributed by atoms with Gasteiger partial charge in [0.1, 0.15) is 6.33 Å². The molecule has 1 rings (SSSR count). The highest BCUT2D eigenvalue weighted by atomic mass is 16.3. The van der Waals surface area contributed by atoms with Gasteiger partial charge in [-0.15, -0.1) is 0 Å². The van der Waals surface area contributed by atoms with Crippen molar-refractivity contribution in [2.24, 2.45) is 5.73 Å². The van der Waals surface area contributed by atoms with E-state index in [1.807, 2.05) is 0 Å². The molecule has 60 valence electrons. The van der Waals surface area contributed by atoms with Crippen molar-refractivity contribution in [2.75, 3.05) is 0 Å². The third-order valence-corrected chi connectivity index (χ3v) is 1.47. The molecule has 0 radical (unpaired) electrons. The molecule has 0 saturated heterocycles. The summed E-state index contributed by atoms with van der Waals surface area (Å²) < 4.78 is 0. The van der Waals surface area contributed by atoms with Gasteiger partial charge in [-0.05, 0) is 13.0 Å². The molecule has 0 amide bonds. The van der Waals surface area contributed by atoms with Crippen LogP contribution in [0.25, 0.3) is 0 Å². The second-order valence-corrected chi connectivity index (χ2v) is 2.40. The van der Waals surface area contributed by atoms with Crippen LogP contribution in [0, 0.1) is 0 Å². The Morgan fingerprint density at radius 2 is 2.36 bits per heavy atom. The van der Waals surface area contributed by atoms with Crippen LogP contribution in [0.15, 0.2) is 18.6 Å². The molecule has 0 saturated carbocycles. The summed E-state index contributed by atoms with van der Waals surface area (Å²) >= 11 is 0. The van der Waals surface area contributed by atoms with Gasteiger partial charge in [-0.1, -0.05) is 0 Å². The summed E-state index contributed by atoms with van der Waals surface area (Å²) in [5, 5.41) is 9.09. The minimum absolute atomic E-state index is 0.419. The fourth-order valence-electron chi connectivity index (χ4n) is 0.745. The van der Waals surface area contributed by atoms with Crippen molar-refractivity contribution in [3.8, 4) is 0 Å². The Labute approximate surface area is 65.1 Å². The van der Waals surface area contributed by atoms with Crippen LogP contribution in [0.2, 0.25) is 0 Å². The molecule has 3 N–H and O–H groups in total. The molecule has 0 aliphatic carbocycles. The monoisotopic (exact) mass is 153 g/mol. The van der Waals surface area contributed by atoms with Crippen LogP contribution in [-0.4, -0.2) is 21.2 Å². The molecule has 4 nitrogen and oxygen atoms in total. The van der Waals surface area contributed by atoms with E-state index in [4.69, 9.17) is 10.8 Å². The summed E-state index contributed by atoms with van der Waals surface area (Å²) in [7, 11) is 0. The van der Waals surface area contributed by atoms with Gasteiger partial charge in [-0.3, -0.25) is 0 Å². The summed E-state index contributed by atoms with van der Waals surface area (Å²) in [5.41, 5.74) is 6.26. The first-order valence-corrected chi connectivity index (χ1v) is 3.41. The molecule has 1 aromatic rings. The normalized spacial score (nSPS) is 15.9. The molecule has 0 aromatic carbocycles. The molecule has 0 aliphatic heterocycles. The second kappa shape index (κ2) is 3.41. The summed E-state index contributed by atoms with van der Waals surface area (Å²) in [5.74, 6) is 0. The van der Waals surface area contributed by atoms with Crippen molar-refractivity contribution in [3.63, 3.8) is 0 Å². The summed E-state index contributed by atoms with van der Waals surface area (Å²) in [6.07, 6.45) is 2.44. The van der Waals surface area contributed by atoms with Crippen molar-refractivity contribution >= 4 is 0 Å². The van der Waals surface area contributed by atoms with Crippen molar-refractivity contribution in [3.05, 3.63) is 24.3 Å². The first-order valence-electron chi connectivity index (χ1n) is 3.41. The standard InChI is InChI=1S/C7H11N3O/c1-5(11)7(8)6-2-3-9-4-10-6/h2-5,7,11H,8H2,1H3. The van der Waals surface area contributed by atoms with Gasteiger partial charge < -0.3 is 10.8 Å². The van der Waals surface area contributed by atoms with E-state index in [0.29, 0.717) is 5.69 Å². The molecule has 2 atom stereocenters. The molecule has 1 heterocycles. The Kier molecular flexibility index (Phi) is 2.51. The zero-order chi connectivity index (χ0) is 8.27. The summed E-state index contributed by atoms with van der Waals surface area (Å²) in [4.78, 5) is 7.64.